The Morgan fingerprint density at radius 2 is 2.17 bits per heavy atom. The first-order valence-corrected chi connectivity index (χ1v) is 8.17. The molecule has 0 bridgehead atoms. The van der Waals surface area contributed by atoms with Crippen molar-refractivity contribution in [3.63, 3.8) is 0 Å². The van der Waals surface area contributed by atoms with Gasteiger partial charge in [0.25, 0.3) is 0 Å². The quantitative estimate of drug-likeness (QED) is 0.902. The minimum atomic E-state index is -0.185. The van der Waals surface area contributed by atoms with Gasteiger partial charge in [-0.2, -0.15) is 5.10 Å². The van der Waals surface area contributed by atoms with Gasteiger partial charge in [0.05, 0.1) is 11.1 Å². The fraction of sp³-hybridized carbons (Fsp3) is 0.438. The van der Waals surface area contributed by atoms with Crippen LogP contribution < -0.4 is 5.32 Å². The van der Waals surface area contributed by atoms with Gasteiger partial charge >= 0.3 is 0 Å². The molecular formula is C16H20ClN5O. The number of amides is 1. The van der Waals surface area contributed by atoms with Crippen LogP contribution in [0, 0.1) is 0 Å². The SMILES string of the molecule is C[C@@H](C(=O)Nc1ccc(Cl)cn1)N1CCC(c2ccn[nH]2)CC1. The lowest BCUT2D eigenvalue weighted by molar-refractivity contribution is -0.121. The number of hydrogen-bond donors (Lipinski definition) is 2. The second-order valence-electron chi connectivity index (χ2n) is 5.85. The normalized spacial score (nSPS) is 17.8. The second-order valence-corrected chi connectivity index (χ2v) is 6.29. The van der Waals surface area contributed by atoms with Crippen LogP contribution in [0.5, 0.6) is 0 Å². The number of carbonyl (C=O) groups excluding carboxylic acids is 1. The van der Waals surface area contributed by atoms with Gasteiger partial charge in [-0.3, -0.25) is 14.8 Å². The number of rotatable bonds is 4. The van der Waals surface area contributed by atoms with Gasteiger partial charge in [-0.15, -0.1) is 0 Å². The number of aromatic amines is 1. The number of pyridine rings is 1. The molecule has 0 spiro atoms. The van der Waals surface area contributed by atoms with Crippen LogP contribution in [0.3, 0.4) is 0 Å². The topological polar surface area (TPSA) is 73.9 Å². The summed E-state index contributed by atoms with van der Waals surface area (Å²) in [4.78, 5) is 18.7. The molecule has 3 heterocycles. The van der Waals surface area contributed by atoms with Crippen LogP contribution in [0.25, 0.3) is 0 Å². The van der Waals surface area contributed by atoms with Crippen LogP contribution in [-0.2, 0) is 4.79 Å². The molecule has 1 saturated heterocycles. The highest BCUT2D eigenvalue weighted by molar-refractivity contribution is 6.30. The highest BCUT2D eigenvalue weighted by atomic mass is 35.5. The summed E-state index contributed by atoms with van der Waals surface area (Å²) in [5.41, 5.74) is 1.19. The van der Waals surface area contributed by atoms with Crippen molar-refractivity contribution in [3.8, 4) is 0 Å². The molecule has 1 aliphatic heterocycles. The zero-order valence-electron chi connectivity index (χ0n) is 13.0. The average Bonchev–Trinajstić information content (AvgIpc) is 3.11. The van der Waals surface area contributed by atoms with E-state index in [0.717, 1.165) is 25.9 Å². The van der Waals surface area contributed by atoms with Crippen LogP contribution in [0.1, 0.15) is 31.4 Å². The first-order valence-electron chi connectivity index (χ1n) is 7.79. The number of nitrogens with zero attached hydrogens (tertiary/aromatic N) is 3. The lowest BCUT2D eigenvalue weighted by Crippen LogP contribution is -2.45. The first-order chi connectivity index (χ1) is 11.1. The summed E-state index contributed by atoms with van der Waals surface area (Å²) in [6.07, 6.45) is 5.37. The zero-order valence-corrected chi connectivity index (χ0v) is 13.8. The molecule has 1 fully saturated rings. The molecule has 2 aromatic heterocycles. The maximum atomic E-state index is 12.4. The van der Waals surface area contributed by atoms with Crippen LogP contribution >= 0.6 is 11.6 Å². The Morgan fingerprint density at radius 3 is 2.78 bits per heavy atom. The summed E-state index contributed by atoms with van der Waals surface area (Å²) in [6.45, 7) is 3.72. The van der Waals surface area contributed by atoms with Gasteiger partial charge in [0.2, 0.25) is 5.91 Å². The molecule has 122 valence electrons. The van der Waals surface area contributed by atoms with Gasteiger partial charge < -0.3 is 5.32 Å². The maximum Gasteiger partial charge on any atom is 0.242 e. The van der Waals surface area contributed by atoms with E-state index in [1.165, 1.54) is 11.9 Å². The van der Waals surface area contributed by atoms with Gasteiger partial charge in [0.15, 0.2) is 0 Å². The Labute approximate surface area is 140 Å². The van der Waals surface area contributed by atoms with Crippen LogP contribution in [0.2, 0.25) is 5.02 Å². The summed E-state index contributed by atoms with van der Waals surface area (Å²) >= 11 is 5.80. The maximum absolute atomic E-state index is 12.4. The molecule has 0 aliphatic carbocycles. The van der Waals surface area contributed by atoms with E-state index in [9.17, 15) is 4.79 Å². The van der Waals surface area contributed by atoms with Gasteiger partial charge in [0, 0.05) is 24.0 Å². The van der Waals surface area contributed by atoms with E-state index in [4.69, 9.17) is 11.6 Å². The summed E-state index contributed by atoms with van der Waals surface area (Å²) in [7, 11) is 0. The van der Waals surface area contributed by atoms with E-state index >= 15 is 0 Å². The van der Waals surface area contributed by atoms with Crippen molar-refractivity contribution in [3.05, 3.63) is 41.3 Å². The van der Waals surface area contributed by atoms with Gasteiger partial charge in [-0.05, 0) is 51.1 Å². The van der Waals surface area contributed by atoms with Crippen LogP contribution in [0.4, 0.5) is 5.82 Å². The summed E-state index contributed by atoms with van der Waals surface area (Å²) < 4.78 is 0. The van der Waals surface area contributed by atoms with Crippen LogP contribution in [0.15, 0.2) is 30.6 Å². The Hall–Kier alpha value is -1.92. The molecule has 0 radical (unpaired) electrons. The molecule has 2 aromatic rings. The fourth-order valence-corrected chi connectivity index (χ4v) is 3.05. The Kier molecular flexibility index (Phi) is 4.93. The molecule has 23 heavy (non-hydrogen) atoms. The standard InChI is InChI=1S/C16H20ClN5O/c1-11(16(23)20-15-3-2-13(17)10-18-15)22-8-5-12(6-9-22)14-4-7-19-21-14/h2-4,7,10-12H,5-6,8-9H2,1H3,(H,19,21)(H,18,20,23)/t11-/m0/s1. The van der Waals surface area contributed by atoms with Crippen molar-refractivity contribution in [2.24, 2.45) is 0 Å². The van der Waals surface area contributed by atoms with E-state index in [2.05, 4.69) is 25.4 Å². The lowest BCUT2D eigenvalue weighted by Gasteiger charge is -2.34. The molecule has 7 heteroatoms. The molecule has 0 aromatic carbocycles. The minimum absolute atomic E-state index is 0.0418. The summed E-state index contributed by atoms with van der Waals surface area (Å²) in [5, 5.41) is 10.4. The molecule has 6 nitrogen and oxygen atoms in total. The minimum Gasteiger partial charge on any atom is -0.309 e. The molecule has 1 amide bonds. The zero-order chi connectivity index (χ0) is 16.2. The van der Waals surface area contributed by atoms with Crippen molar-refractivity contribution < 1.29 is 4.79 Å². The smallest absolute Gasteiger partial charge is 0.242 e. The Bertz CT molecular complexity index is 635. The number of nitrogens with one attached hydrogen (secondary N) is 2. The van der Waals surface area contributed by atoms with E-state index in [1.54, 1.807) is 18.3 Å². The van der Waals surface area contributed by atoms with Crippen molar-refractivity contribution >= 4 is 23.3 Å². The van der Waals surface area contributed by atoms with Gasteiger partial charge in [-0.1, -0.05) is 11.6 Å². The molecular weight excluding hydrogens is 314 g/mol. The fourth-order valence-electron chi connectivity index (χ4n) is 2.94. The monoisotopic (exact) mass is 333 g/mol. The number of halogens is 1. The largest absolute Gasteiger partial charge is 0.309 e. The number of likely N-dealkylation sites (tertiary alicyclic amines) is 1. The highest BCUT2D eigenvalue weighted by Gasteiger charge is 2.27. The number of hydrogen-bond acceptors (Lipinski definition) is 4. The highest BCUT2D eigenvalue weighted by Crippen LogP contribution is 2.27. The average molecular weight is 334 g/mol. The number of aromatic nitrogens is 3. The van der Waals surface area contributed by atoms with Crippen molar-refractivity contribution in [1.29, 1.82) is 0 Å². The van der Waals surface area contributed by atoms with Crippen molar-refractivity contribution in [2.75, 3.05) is 18.4 Å². The predicted molar refractivity (Wildman–Crippen MR) is 89.5 cm³/mol. The third-order valence-corrected chi connectivity index (χ3v) is 4.62. The predicted octanol–water partition coefficient (Wildman–Crippen LogP) is 2.66. The number of piperidine rings is 1. The number of anilines is 1. The number of carbonyl (C=O) groups is 1. The molecule has 1 atom stereocenters. The van der Waals surface area contributed by atoms with Crippen LogP contribution in [-0.4, -0.2) is 45.1 Å². The Morgan fingerprint density at radius 1 is 1.39 bits per heavy atom. The van der Waals surface area contributed by atoms with Gasteiger partial charge in [-0.25, -0.2) is 4.98 Å². The lowest BCUT2D eigenvalue weighted by atomic mass is 9.93. The van der Waals surface area contributed by atoms with Crippen molar-refractivity contribution in [1.82, 2.24) is 20.1 Å². The van der Waals surface area contributed by atoms with E-state index in [-0.39, 0.29) is 11.9 Å². The molecule has 1 aliphatic rings. The first kappa shape index (κ1) is 16.0. The molecule has 0 unspecified atom stereocenters. The van der Waals surface area contributed by atoms with E-state index in [0.29, 0.717) is 16.8 Å². The van der Waals surface area contributed by atoms with E-state index < -0.39 is 0 Å². The summed E-state index contributed by atoms with van der Waals surface area (Å²) in [6, 6.07) is 5.26. The van der Waals surface area contributed by atoms with E-state index in [1.807, 2.05) is 13.0 Å². The van der Waals surface area contributed by atoms with Crippen molar-refractivity contribution in [2.45, 2.75) is 31.7 Å². The molecule has 2 N–H and O–H groups in total. The molecule has 3 rings (SSSR count). The molecule has 0 saturated carbocycles. The third-order valence-electron chi connectivity index (χ3n) is 4.40. The third kappa shape index (κ3) is 3.89. The Balaban J connectivity index is 1.53. The number of H-pyrrole nitrogens is 1. The van der Waals surface area contributed by atoms with Gasteiger partial charge in [0.1, 0.15) is 5.82 Å². The second kappa shape index (κ2) is 7.10. The summed E-state index contributed by atoms with van der Waals surface area (Å²) in [5.74, 6) is 0.986.